The fourth-order valence-electron chi connectivity index (χ4n) is 2.19. The minimum atomic E-state index is -1.72. The molecule has 0 saturated heterocycles. The van der Waals surface area contributed by atoms with Crippen LogP contribution in [0.1, 0.15) is 70.6 Å². The zero-order chi connectivity index (χ0) is 16.1. The summed E-state index contributed by atoms with van der Waals surface area (Å²) in [5.41, 5.74) is 2.67. The highest BCUT2D eigenvalue weighted by Crippen LogP contribution is 2.40. The van der Waals surface area contributed by atoms with Crippen molar-refractivity contribution in [2.45, 2.75) is 84.5 Å². The second-order valence-electron chi connectivity index (χ2n) is 7.77. The fourth-order valence-corrected chi connectivity index (χ4v) is 3.51. The summed E-state index contributed by atoms with van der Waals surface area (Å²) in [5.74, 6) is 0. The summed E-state index contributed by atoms with van der Waals surface area (Å²) in [6.45, 7) is 16.1. The van der Waals surface area contributed by atoms with E-state index in [-0.39, 0.29) is 11.1 Å². The SMILES string of the molecule is CCCCCC(O[Si](C)(C)C(C)(C)C)c1ccc(C)cc1. The summed E-state index contributed by atoms with van der Waals surface area (Å²) in [6.07, 6.45) is 5.22. The molecule has 2 heteroatoms. The number of hydrogen-bond acceptors (Lipinski definition) is 1. The summed E-state index contributed by atoms with van der Waals surface area (Å²) in [4.78, 5) is 0. The summed E-state index contributed by atoms with van der Waals surface area (Å²) in [5, 5.41) is 0.265. The van der Waals surface area contributed by atoms with E-state index in [4.69, 9.17) is 4.43 Å². The van der Waals surface area contributed by atoms with E-state index in [1.165, 1.54) is 30.4 Å². The maximum atomic E-state index is 6.71. The van der Waals surface area contributed by atoms with Crippen molar-refractivity contribution in [1.82, 2.24) is 0 Å². The Morgan fingerprint density at radius 2 is 1.62 bits per heavy atom. The molecule has 0 aliphatic heterocycles. The molecule has 1 rings (SSSR count). The molecule has 0 aromatic heterocycles. The lowest BCUT2D eigenvalue weighted by Gasteiger charge is -2.39. The van der Waals surface area contributed by atoms with Gasteiger partial charge in [0, 0.05) is 0 Å². The molecule has 0 spiro atoms. The number of unbranched alkanes of at least 4 members (excludes halogenated alkanes) is 2. The van der Waals surface area contributed by atoms with Crippen LogP contribution < -0.4 is 0 Å². The molecule has 0 bridgehead atoms. The highest BCUT2D eigenvalue weighted by molar-refractivity contribution is 6.74. The van der Waals surface area contributed by atoms with E-state index in [2.05, 4.69) is 72.0 Å². The molecule has 0 saturated carbocycles. The Balaban J connectivity index is 2.89. The van der Waals surface area contributed by atoms with Gasteiger partial charge in [-0.05, 0) is 37.0 Å². The first-order chi connectivity index (χ1) is 9.67. The van der Waals surface area contributed by atoms with E-state index in [1.807, 2.05) is 0 Å². The second-order valence-corrected chi connectivity index (χ2v) is 12.5. The Labute approximate surface area is 133 Å². The van der Waals surface area contributed by atoms with Crippen molar-refractivity contribution in [1.29, 1.82) is 0 Å². The van der Waals surface area contributed by atoms with Crippen LogP contribution >= 0.6 is 0 Å². The van der Waals surface area contributed by atoms with Gasteiger partial charge in [0.2, 0.25) is 0 Å². The van der Waals surface area contributed by atoms with Crippen LogP contribution in [0.5, 0.6) is 0 Å². The molecule has 1 aromatic carbocycles. The van der Waals surface area contributed by atoms with Gasteiger partial charge in [0.15, 0.2) is 8.32 Å². The Morgan fingerprint density at radius 1 is 1.05 bits per heavy atom. The van der Waals surface area contributed by atoms with E-state index in [0.717, 1.165) is 6.42 Å². The molecule has 1 atom stereocenters. The molecule has 0 heterocycles. The third-order valence-corrected chi connectivity index (χ3v) is 9.25. The Bertz CT molecular complexity index is 414. The van der Waals surface area contributed by atoms with Crippen LogP contribution in [0.25, 0.3) is 0 Å². The molecule has 0 radical (unpaired) electrons. The summed E-state index contributed by atoms with van der Waals surface area (Å²) in [6, 6.07) is 8.91. The lowest BCUT2D eigenvalue weighted by molar-refractivity contribution is 0.170. The maximum Gasteiger partial charge on any atom is 0.192 e. The number of benzene rings is 1. The van der Waals surface area contributed by atoms with Crippen molar-refractivity contribution in [2.24, 2.45) is 0 Å². The van der Waals surface area contributed by atoms with Gasteiger partial charge in [0.05, 0.1) is 6.10 Å². The van der Waals surface area contributed by atoms with Gasteiger partial charge in [-0.2, -0.15) is 0 Å². The first-order valence-electron chi connectivity index (χ1n) is 8.42. The van der Waals surface area contributed by atoms with Crippen molar-refractivity contribution in [3.05, 3.63) is 35.4 Å². The zero-order valence-electron chi connectivity index (χ0n) is 15.1. The number of hydrogen-bond donors (Lipinski definition) is 0. The average molecular weight is 307 g/mol. The van der Waals surface area contributed by atoms with Crippen molar-refractivity contribution in [2.75, 3.05) is 0 Å². The third kappa shape index (κ3) is 5.59. The van der Waals surface area contributed by atoms with Crippen molar-refractivity contribution >= 4 is 8.32 Å². The van der Waals surface area contributed by atoms with Crippen molar-refractivity contribution in [3.8, 4) is 0 Å². The molecular formula is C19H34OSi. The van der Waals surface area contributed by atoms with Gasteiger partial charge < -0.3 is 4.43 Å². The fraction of sp³-hybridized carbons (Fsp3) is 0.684. The standard InChI is InChI=1S/C19H34OSi/c1-8-9-10-11-18(17-14-12-16(2)13-15-17)20-21(6,7)19(3,4)5/h12-15,18H,8-11H2,1-7H3. The first-order valence-corrected chi connectivity index (χ1v) is 11.3. The van der Waals surface area contributed by atoms with Gasteiger partial charge >= 0.3 is 0 Å². The molecule has 21 heavy (non-hydrogen) atoms. The first kappa shape index (κ1) is 18.4. The normalized spacial score (nSPS) is 14.2. The highest BCUT2D eigenvalue weighted by atomic mass is 28.4. The van der Waals surface area contributed by atoms with Crippen LogP contribution in [-0.4, -0.2) is 8.32 Å². The van der Waals surface area contributed by atoms with Gasteiger partial charge in [0.1, 0.15) is 0 Å². The maximum absolute atomic E-state index is 6.71. The number of rotatable bonds is 7. The van der Waals surface area contributed by atoms with E-state index >= 15 is 0 Å². The van der Waals surface area contributed by atoms with Gasteiger partial charge in [-0.25, -0.2) is 0 Å². The quantitative estimate of drug-likeness (QED) is 0.405. The van der Waals surface area contributed by atoms with Gasteiger partial charge in [-0.15, -0.1) is 0 Å². The van der Waals surface area contributed by atoms with Crippen LogP contribution in [0, 0.1) is 6.92 Å². The lowest BCUT2D eigenvalue weighted by Crippen LogP contribution is -2.41. The van der Waals surface area contributed by atoms with Crippen molar-refractivity contribution < 1.29 is 4.43 Å². The largest absolute Gasteiger partial charge is 0.410 e. The molecule has 0 N–H and O–H groups in total. The third-order valence-electron chi connectivity index (χ3n) is 4.76. The van der Waals surface area contributed by atoms with E-state index in [1.54, 1.807) is 0 Å². The number of aryl methyl sites for hydroxylation is 1. The minimum absolute atomic E-state index is 0.262. The summed E-state index contributed by atoms with van der Waals surface area (Å²) < 4.78 is 6.71. The zero-order valence-corrected chi connectivity index (χ0v) is 16.1. The molecule has 1 unspecified atom stereocenters. The molecule has 1 nitrogen and oxygen atoms in total. The molecule has 0 amide bonds. The van der Waals surface area contributed by atoms with E-state index in [0.29, 0.717) is 0 Å². The van der Waals surface area contributed by atoms with Gasteiger partial charge in [-0.3, -0.25) is 0 Å². The van der Waals surface area contributed by atoms with Crippen LogP contribution in [0.4, 0.5) is 0 Å². The van der Waals surface area contributed by atoms with Crippen molar-refractivity contribution in [3.63, 3.8) is 0 Å². The summed E-state index contributed by atoms with van der Waals surface area (Å²) in [7, 11) is -1.72. The van der Waals surface area contributed by atoms with E-state index in [9.17, 15) is 0 Å². The molecule has 1 aromatic rings. The monoisotopic (exact) mass is 306 g/mol. The predicted molar refractivity (Wildman–Crippen MR) is 96.3 cm³/mol. The van der Waals surface area contributed by atoms with E-state index < -0.39 is 8.32 Å². The molecule has 0 fully saturated rings. The Kier molecular flexibility index (Phi) is 6.67. The highest BCUT2D eigenvalue weighted by Gasteiger charge is 2.39. The smallest absolute Gasteiger partial charge is 0.192 e. The van der Waals surface area contributed by atoms with Crippen LogP contribution in [0.3, 0.4) is 0 Å². The van der Waals surface area contributed by atoms with Gasteiger partial charge in [0.25, 0.3) is 0 Å². The second kappa shape index (κ2) is 7.60. The molecule has 0 aliphatic carbocycles. The Hall–Kier alpha value is -0.603. The predicted octanol–water partition coefficient (Wildman–Crippen LogP) is 6.64. The van der Waals surface area contributed by atoms with Crippen LogP contribution in [0.2, 0.25) is 18.1 Å². The van der Waals surface area contributed by atoms with Crippen LogP contribution in [-0.2, 0) is 4.43 Å². The lowest BCUT2D eigenvalue weighted by atomic mass is 10.0. The minimum Gasteiger partial charge on any atom is -0.410 e. The molecule has 0 aliphatic rings. The average Bonchev–Trinajstić information content (AvgIpc) is 2.37. The molecule has 120 valence electrons. The van der Waals surface area contributed by atoms with Gasteiger partial charge in [-0.1, -0.05) is 76.8 Å². The topological polar surface area (TPSA) is 9.23 Å². The van der Waals surface area contributed by atoms with Crippen LogP contribution in [0.15, 0.2) is 24.3 Å². The summed E-state index contributed by atoms with van der Waals surface area (Å²) >= 11 is 0. The Morgan fingerprint density at radius 3 is 2.10 bits per heavy atom. The molecular weight excluding hydrogens is 272 g/mol.